The van der Waals surface area contributed by atoms with E-state index < -0.39 is 0 Å². The van der Waals surface area contributed by atoms with E-state index in [0.717, 1.165) is 50.4 Å². The van der Waals surface area contributed by atoms with E-state index in [1.165, 1.54) is 12.8 Å². The minimum atomic E-state index is -0.298. The Morgan fingerprint density at radius 1 is 1.40 bits per heavy atom. The van der Waals surface area contributed by atoms with Crippen LogP contribution in [0.1, 0.15) is 64.1 Å². The number of ether oxygens (including phenoxy) is 1. The van der Waals surface area contributed by atoms with Crippen LogP contribution in [-0.2, 0) is 16.8 Å². The maximum absolute atomic E-state index is 5.68. The highest BCUT2D eigenvalue weighted by atomic mass is 16.5. The van der Waals surface area contributed by atoms with Crippen LogP contribution in [0, 0.1) is 0 Å². The summed E-state index contributed by atoms with van der Waals surface area (Å²) < 4.78 is 11.1. The van der Waals surface area contributed by atoms with Crippen molar-refractivity contribution in [2.45, 2.75) is 70.4 Å². The zero-order valence-electron chi connectivity index (χ0n) is 12.9. The topological polar surface area (TPSA) is 60.2 Å². The van der Waals surface area contributed by atoms with E-state index in [4.69, 9.17) is 9.26 Å². The molecule has 1 heterocycles. The number of methoxy groups -OCH3 is 1. The SMILES string of the molecule is CCCNC(C)CCc1nc(C2(OC)CCCC2)no1. The largest absolute Gasteiger partial charge is 0.370 e. The van der Waals surface area contributed by atoms with Crippen LogP contribution < -0.4 is 5.32 Å². The summed E-state index contributed by atoms with van der Waals surface area (Å²) in [5, 5.41) is 7.62. The number of aromatic nitrogens is 2. The van der Waals surface area contributed by atoms with Crippen molar-refractivity contribution in [1.29, 1.82) is 0 Å². The van der Waals surface area contributed by atoms with Crippen molar-refractivity contribution in [3.8, 4) is 0 Å². The van der Waals surface area contributed by atoms with Crippen molar-refractivity contribution in [2.75, 3.05) is 13.7 Å². The number of nitrogens with zero attached hydrogens (tertiary/aromatic N) is 2. The quantitative estimate of drug-likeness (QED) is 0.794. The van der Waals surface area contributed by atoms with Crippen molar-refractivity contribution >= 4 is 0 Å². The molecule has 1 aliphatic carbocycles. The summed E-state index contributed by atoms with van der Waals surface area (Å²) in [5.74, 6) is 1.47. The number of hydrogen-bond donors (Lipinski definition) is 1. The molecule has 0 amide bonds. The molecule has 1 aliphatic rings. The van der Waals surface area contributed by atoms with Crippen LogP contribution >= 0.6 is 0 Å². The summed E-state index contributed by atoms with van der Waals surface area (Å²) in [5.41, 5.74) is -0.298. The van der Waals surface area contributed by atoms with E-state index in [9.17, 15) is 0 Å². The Morgan fingerprint density at radius 2 is 2.15 bits per heavy atom. The maximum atomic E-state index is 5.68. The Hall–Kier alpha value is -0.940. The van der Waals surface area contributed by atoms with Crippen LogP contribution in [0.15, 0.2) is 4.52 Å². The summed E-state index contributed by atoms with van der Waals surface area (Å²) in [4.78, 5) is 4.56. The lowest BCUT2D eigenvalue weighted by Gasteiger charge is -2.22. The molecule has 0 bridgehead atoms. The molecule has 0 spiro atoms. The molecule has 0 aliphatic heterocycles. The van der Waals surface area contributed by atoms with E-state index >= 15 is 0 Å². The summed E-state index contributed by atoms with van der Waals surface area (Å²) in [6, 6.07) is 0.480. The Labute approximate surface area is 121 Å². The van der Waals surface area contributed by atoms with Gasteiger partial charge in [0.1, 0.15) is 5.60 Å². The lowest BCUT2D eigenvalue weighted by Crippen LogP contribution is -2.27. The smallest absolute Gasteiger partial charge is 0.226 e. The minimum Gasteiger partial charge on any atom is -0.370 e. The second-order valence-corrected chi connectivity index (χ2v) is 5.81. The molecule has 1 fully saturated rings. The standard InChI is InChI=1S/C15H27N3O2/c1-4-11-16-12(2)7-8-13-17-14(18-20-13)15(19-3)9-5-6-10-15/h12,16H,4-11H2,1-3H3. The number of aryl methyl sites for hydroxylation is 1. The summed E-state index contributed by atoms with van der Waals surface area (Å²) in [6.45, 7) is 5.43. The predicted octanol–water partition coefficient (Wildman–Crippen LogP) is 2.81. The van der Waals surface area contributed by atoms with Gasteiger partial charge in [0.05, 0.1) is 0 Å². The molecular formula is C15H27N3O2. The fraction of sp³-hybridized carbons (Fsp3) is 0.867. The van der Waals surface area contributed by atoms with Crippen molar-refractivity contribution in [3.63, 3.8) is 0 Å². The first-order valence-electron chi connectivity index (χ1n) is 7.82. The fourth-order valence-corrected chi connectivity index (χ4v) is 2.84. The van der Waals surface area contributed by atoms with Crippen LogP contribution in [0.2, 0.25) is 0 Å². The fourth-order valence-electron chi connectivity index (χ4n) is 2.84. The second kappa shape index (κ2) is 7.18. The highest BCUT2D eigenvalue weighted by Gasteiger charge is 2.40. The van der Waals surface area contributed by atoms with E-state index in [0.29, 0.717) is 6.04 Å². The average Bonchev–Trinajstić information content (AvgIpc) is 3.12. The molecule has 1 saturated carbocycles. The zero-order valence-corrected chi connectivity index (χ0v) is 12.9. The third-order valence-corrected chi connectivity index (χ3v) is 4.21. The van der Waals surface area contributed by atoms with Gasteiger partial charge in [-0.1, -0.05) is 12.1 Å². The molecule has 0 radical (unpaired) electrons. The Kier molecular flexibility index (Phi) is 5.54. The highest BCUT2D eigenvalue weighted by Crippen LogP contribution is 2.40. The van der Waals surface area contributed by atoms with Gasteiger partial charge in [-0.15, -0.1) is 0 Å². The van der Waals surface area contributed by atoms with Gasteiger partial charge in [-0.25, -0.2) is 0 Å². The van der Waals surface area contributed by atoms with Gasteiger partial charge < -0.3 is 14.6 Å². The molecule has 5 heteroatoms. The lowest BCUT2D eigenvalue weighted by molar-refractivity contribution is -0.0178. The number of hydrogen-bond acceptors (Lipinski definition) is 5. The van der Waals surface area contributed by atoms with Gasteiger partial charge >= 0.3 is 0 Å². The molecule has 20 heavy (non-hydrogen) atoms. The predicted molar refractivity (Wildman–Crippen MR) is 77.5 cm³/mol. The molecule has 5 nitrogen and oxygen atoms in total. The molecule has 1 unspecified atom stereocenters. The normalized spacial score (nSPS) is 19.4. The lowest BCUT2D eigenvalue weighted by atomic mass is 10.0. The summed E-state index contributed by atoms with van der Waals surface area (Å²) in [6.07, 6.45) is 7.34. The van der Waals surface area contributed by atoms with Crippen molar-refractivity contribution in [1.82, 2.24) is 15.5 Å². The van der Waals surface area contributed by atoms with Gasteiger partial charge in [0, 0.05) is 19.6 Å². The van der Waals surface area contributed by atoms with E-state index in [2.05, 4.69) is 29.3 Å². The van der Waals surface area contributed by atoms with Crippen LogP contribution in [-0.4, -0.2) is 29.8 Å². The first-order valence-corrected chi connectivity index (χ1v) is 7.82. The first-order chi connectivity index (χ1) is 9.70. The van der Waals surface area contributed by atoms with Gasteiger partial charge in [0.2, 0.25) is 11.7 Å². The molecule has 1 N–H and O–H groups in total. The molecule has 1 aromatic rings. The van der Waals surface area contributed by atoms with Crippen molar-refractivity contribution in [3.05, 3.63) is 11.7 Å². The van der Waals surface area contributed by atoms with E-state index in [-0.39, 0.29) is 5.60 Å². The van der Waals surface area contributed by atoms with Gasteiger partial charge in [0.25, 0.3) is 0 Å². The van der Waals surface area contributed by atoms with Crippen LogP contribution in [0.4, 0.5) is 0 Å². The van der Waals surface area contributed by atoms with E-state index in [1.54, 1.807) is 7.11 Å². The van der Waals surface area contributed by atoms with Crippen LogP contribution in [0.5, 0.6) is 0 Å². The number of nitrogens with one attached hydrogen (secondary N) is 1. The Balaban J connectivity index is 1.89. The van der Waals surface area contributed by atoms with Crippen LogP contribution in [0.3, 0.4) is 0 Å². The molecule has 0 aromatic carbocycles. The second-order valence-electron chi connectivity index (χ2n) is 5.81. The minimum absolute atomic E-state index is 0.298. The highest BCUT2D eigenvalue weighted by molar-refractivity contribution is 5.04. The van der Waals surface area contributed by atoms with Crippen LogP contribution in [0.25, 0.3) is 0 Å². The van der Waals surface area contributed by atoms with Gasteiger partial charge in [-0.2, -0.15) is 4.98 Å². The molecule has 114 valence electrons. The van der Waals surface area contributed by atoms with Crippen molar-refractivity contribution in [2.24, 2.45) is 0 Å². The third-order valence-electron chi connectivity index (χ3n) is 4.21. The average molecular weight is 281 g/mol. The Bertz CT molecular complexity index is 400. The third kappa shape index (κ3) is 3.58. The van der Waals surface area contributed by atoms with Gasteiger partial charge in [-0.3, -0.25) is 0 Å². The molecule has 1 aromatic heterocycles. The monoisotopic (exact) mass is 281 g/mol. The Morgan fingerprint density at radius 3 is 2.80 bits per heavy atom. The zero-order chi connectivity index (χ0) is 14.4. The maximum Gasteiger partial charge on any atom is 0.226 e. The molecule has 2 rings (SSSR count). The van der Waals surface area contributed by atoms with Gasteiger partial charge in [-0.05, 0) is 52.0 Å². The number of rotatable bonds is 8. The molecular weight excluding hydrogens is 254 g/mol. The van der Waals surface area contributed by atoms with Crippen molar-refractivity contribution < 1.29 is 9.26 Å². The summed E-state index contributed by atoms with van der Waals surface area (Å²) in [7, 11) is 1.75. The molecule has 0 saturated heterocycles. The first kappa shape index (κ1) is 15.4. The molecule has 1 atom stereocenters. The summed E-state index contributed by atoms with van der Waals surface area (Å²) >= 11 is 0. The van der Waals surface area contributed by atoms with Gasteiger partial charge in [0.15, 0.2) is 0 Å². The van der Waals surface area contributed by atoms with E-state index in [1.807, 2.05) is 0 Å².